The van der Waals surface area contributed by atoms with Gasteiger partial charge in [-0.05, 0) is 12.0 Å². The van der Waals surface area contributed by atoms with Crippen LogP contribution in [-0.4, -0.2) is 23.5 Å². The van der Waals surface area contributed by atoms with Gasteiger partial charge in [0.1, 0.15) is 0 Å². The highest BCUT2D eigenvalue weighted by Gasteiger charge is 2.14. The third-order valence-corrected chi connectivity index (χ3v) is 2.45. The summed E-state index contributed by atoms with van der Waals surface area (Å²) >= 11 is 0. The Labute approximate surface area is 119 Å². The summed E-state index contributed by atoms with van der Waals surface area (Å²) in [5.41, 5.74) is 1.09. The number of nitrogens with zero attached hydrogens (tertiary/aromatic N) is 1. The van der Waals surface area contributed by atoms with Gasteiger partial charge in [0.2, 0.25) is 0 Å². The monoisotopic (exact) mass is 273 g/mol. The van der Waals surface area contributed by atoms with Crippen molar-refractivity contribution in [2.45, 2.75) is 19.8 Å². The van der Waals surface area contributed by atoms with Gasteiger partial charge < -0.3 is 4.84 Å². The highest BCUT2D eigenvalue weighted by Crippen LogP contribution is 2.05. The van der Waals surface area contributed by atoms with Gasteiger partial charge in [0, 0.05) is 13.3 Å². The van der Waals surface area contributed by atoms with Gasteiger partial charge in [0.05, 0.1) is 6.54 Å². The van der Waals surface area contributed by atoms with Gasteiger partial charge in [0.25, 0.3) is 5.91 Å². The summed E-state index contributed by atoms with van der Waals surface area (Å²) in [5, 5.41) is 1.03. The zero-order valence-corrected chi connectivity index (χ0v) is 11.6. The number of allylic oxidation sites excluding steroid dienone is 1. The van der Waals surface area contributed by atoms with Crippen LogP contribution in [0.5, 0.6) is 0 Å². The minimum absolute atomic E-state index is 0.195. The highest BCUT2D eigenvalue weighted by molar-refractivity contribution is 5.77. The van der Waals surface area contributed by atoms with Crippen molar-refractivity contribution in [3.05, 3.63) is 54.6 Å². The van der Waals surface area contributed by atoms with Crippen molar-refractivity contribution in [1.29, 1.82) is 0 Å². The molecule has 4 heteroatoms. The lowest BCUT2D eigenvalue weighted by atomic mass is 10.2. The fourth-order valence-electron chi connectivity index (χ4n) is 1.58. The van der Waals surface area contributed by atoms with Gasteiger partial charge in [-0.3, -0.25) is 9.59 Å². The Balaban J connectivity index is 2.42. The summed E-state index contributed by atoms with van der Waals surface area (Å²) in [5.74, 6) is -0.752. The van der Waals surface area contributed by atoms with Gasteiger partial charge in [-0.25, -0.2) is 0 Å². The number of hydrogen-bond donors (Lipinski definition) is 0. The number of rotatable bonds is 6. The molecule has 0 unspecified atom stereocenters. The summed E-state index contributed by atoms with van der Waals surface area (Å²) in [6.45, 7) is 4.98. The minimum atomic E-state index is -0.514. The fraction of sp³-hybridized carbons (Fsp3) is 0.250. The molecule has 0 saturated carbocycles. The molecule has 1 amide bonds. The predicted molar refractivity (Wildman–Crippen MR) is 78.4 cm³/mol. The molecule has 0 aliphatic heterocycles. The highest BCUT2D eigenvalue weighted by atomic mass is 16.7. The van der Waals surface area contributed by atoms with Crippen LogP contribution in [0.3, 0.4) is 0 Å². The summed E-state index contributed by atoms with van der Waals surface area (Å²) in [4.78, 5) is 27.5. The van der Waals surface area contributed by atoms with E-state index in [-0.39, 0.29) is 18.9 Å². The quantitative estimate of drug-likeness (QED) is 0.591. The van der Waals surface area contributed by atoms with Crippen molar-refractivity contribution in [3.63, 3.8) is 0 Å². The van der Waals surface area contributed by atoms with Gasteiger partial charge in [-0.1, -0.05) is 48.6 Å². The molecular formula is C16H19NO3. The molecule has 0 heterocycles. The molecule has 0 fully saturated rings. The number of carbonyl (C=O) groups is 2. The molecule has 0 aromatic heterocycles. The van der Waals surface area contributed by atoms with E-state index in [0.29, 0.717) is 6.42 Å². The first-order chi connectivity index (χ1) is 9.63. The second-order valence-electron chi connectivity index (χ2n) is 4.18. The zero-order chi connectivity index (χ0) is 14.8. The van der Waals surface area contributed by atoms with Gasteiger partial charge in [-0.2, -0.15) is 5.06 Å². The summed E-state index contributed by atoms with van der Waals surface area (Å²) < 4.78 is 0. The van der Waals surface area contributed by atoms with E-state index in [0.717, 1.165) is 10.6 Å². The van der Waals surface area contributed by atoms with E-state index in [1.54, 1.807) is 0 Å². The topological polar surface area (TPSA) is 46.6 Å². The minimum Gasteiger partial charge on any atom is -0.338 e. The molecule has 0 spiro atoms. The molecule has 0 aliphatic carbocycles. The predicted octanol–water partition coefficient (Wildman–Crippen LogP) is 2.97. The standard InChI is InChI=1S/C16H19NO3/c1-3-13-17(20-14(2)18)16(19)12-8-7-11-15-9-5-4-6-10-15/h3-7,9-11H,1,8,12-13H2,2H3. The first-order valence-corrected chi connectivity index (χ1v) is 6.45. The molecule has 20 heavy (non-hydrogen) atoms. The Hall–Kier alpha value is -2.36. The Bertz CT molecular complexity index is 480. The number of amides is 1. The summed E-state index contributed by atoms with van der Waals surface area (Å²) in [6.07, 6.45) is 6.26. The van der Waals surface area contributed by atoms with Gasteiger partial charge in [0.15, 0.2) is 0 Å². The molecule has 0 saturated heterocycles. The van der Waals surface area contributed by atoms with Crippen LogP contribution in [0.25, 0.3) is 6.08 Å². The maximum Gasteiger partial charge on any atom is 0.329 e. The molecule has 1 rings (SSSR count). The van der Waals surface area contributed by atoms with Crippen molar-refractivity contribution in [1.82, 2.24) is 5.06 Å². The molecule has 0 atom stereocenters. The van der Waals surface area contributed by atoms with Crippen LogP contribution in [0.4, 0.5) is 0 Å². The molecule has 0 aliphatic rings. The van der Waals surface area contributed by atoms with E-state index in [9.17, 15) is 9.59 Å². The van der Waals surface area contributed by atoms with E-state index in [2.05, 4.69) is 6.58 Å². The van der Waals surface area contributed by atoms with Gasteiger partial charge >= 0.3 is 5.97 Å². The lowest BCUT2D eigenvalue weighted by molar-refractivity contribution is -0.194. The van der Waals surface area contributed by atoms with Crippen LogP contribution < -0.4 is 0 Å². The van der Waals surface area contributed by atoms with Gasteiger partial charge in [-0.15, -0.1) is 6.58 Å². The molecule has 106 valence electrons. The van der Waals surface area contributed by atoms with Crippen molar-refractivity contribution < 1.29 is 14.4 Å². The summed E-state index contributed by atoms with van der Waals surface area (Å²) in [6, 6.07) is 9.84. The van der Waals surface area contributed by atoms with Crippen molar-refractivity contribution in [2.75, 3.05) is 6.54 Å². The smallest absolute Gasteiger partial charge is 0.329 e. The lowest BCUT2D eigenvalue weighted by Gasteiger charge is -2.18. The van der Waals surface area contributed by atoms with Crippen LogP contribution in [0, 0.1) is 0 Å². The van der Waals surface area contributed by atoms with E-state index < -0.39 is 5.97 Å². The lowest BCUT2D eigenvalue weighted by Crippen LogP contribution is -2.32. The maximum absolute atomic E-state index is 11.8. The average Bonchev–Trinajstić information content (AvgIpc) is 2.43. The normalized spacial score (nSPS) is 10.2. The van der Waals surface area contributed by atoms with Crippen molar-refractivity contribution in [2.24, 2.45) is 0 Å². The van der Waals surface area contributed by atoms with Crippen molar-refractivity contribution in [3.8, 4) is 0 Å². The first kappa shape index (κ1) is 15.7. The Kier molecular flexibility index (Phi) is 6.82. The van der Waals surface area contributed by atoms with Crippen LogP contribution in [0.15, 0.2) is 49.1 Å². The number of carbonyl (C=O) groups excluding carboxylic acids is 2. The van der Waals surface area contributed by atoms with Crippen LogP contribution in [-0.2, 0) is 14.4 Å². The summed E-state index contributed by atoms with van der Waals surface area (Å²) in [7, 11) is 0. The second-order valence-corrected chi connectivity index (χ2v) is 4.18. The molecule has 1 aromatic carbocycles. The van der Waals surface area contributed by atoms with E-state index in [1.165, 1.54) is 13.0 Å². The number of hydrogen-bond acceptors (Lipinski definition) is 3. The Morgan fingerprint density at radius 2 is 2.00 bits per heavy atom. The van der Waals surface area contributed by atoms with Crippen LogP contribution in [0.1, 0.15) is 25.3 Å². The largest absolute Gasteiger partial charge is 0.338 e. The van der Waals surface area contributed by atoms with Crippen molar-refractivity contribution >= 4 is 18.0 Å². The molecule has 0 N–H and O–H groups in total. The fourth-order valence-corrected chi connectivity index (χ4v) is 1.58. The Morgan fingerprint density at radius 3 is 2.60 bits per heavy atom. The van der Waals surface area contributed by atoms with Crippen LogP contribution >= 0.6 is 0 Å². The second kappa shape index (κ2) is 8.69. The van der Waals surface area contributed by atoms with Crippen LogP contribution in [0.2, 0.25) is 0 Å². The van der Waals surface area contributed by atoms with E-state index in [1.807, 2.05) is 42.5 Å². The molecule has 1 aromatic rings. The number of benzene rings is 1. The van der Waals surface area contributed by atoms with E-state index >= 15 is 0 Å². The van der Waals surface area contributed by atoms with E-state index in [4.69, 9.17) is 4.84 Å². The SMILES string of the molecule is C=CCN(OC(C)=O)C(=O)CCC=Cc1ccccc1. The zero-order valence-electron chi connectivity index (χ0n) is 11.6. The first-order valence-electron chi connectivity index (χ1n) is 6.45. The number of hydroxylamine groups is 2. The molecule has 0 radical (unpaired) electrons. The molecule has 4 nitrogen and oxygen atoms in total. The third kappa shape index (κ3) is 6.00. The molecular weight excluding hydrogens is 254 g/mol. The third-order valence-electron chi connectivity index (χ3n) is 2.45. The Morgan fingerprint density at radius 1 is 1.30 bits per heavy atom. The average molecular weight is 273 g/mol. The molecule has 0 bridgehead atoms. The maximum atomic E-state index is 11.8.